The van der Waals surface area contributed by atoms with Gasteiger partial charge in [0.2, 0.25) is 5.91 Å². The first-order chi connectivity index (χ1) is 45.3. The van der Waals surface area contributed by atoms with E-state index in [0.29, 0.717) is 12.8 Å². The third-order valence-corrected chi connectivity index (χ3v) is 18.0. The lowest BCUT2D eigenvalue weighted by Crippen LogP contribution is -2.66. The quantitative estimate of drug-likeness (QED) is 0.0199. The monoisotopic (exact) mass is 1320 g/mol. The minimum absolute atomic E-state index is 0.244. The molecule has 3 aliphatic rings. The highest BCUT2D eigenvalue weighted by Gasteiger charge is 2.53. The van der Waals surface area contributed by atoms with Gasteiger partial charge in [0.15, 0.2) is 18.9 Å². The van der Waals surface area contributed by atoms with Gasteiger partial charge >= 0.3 is 0 Å². The first kappa shape index (κ1) is 84.5. The Hall–Kier alpha value is -2.77. The molecule has 1 amide bonds. The molecule has 3 fully saturated rings. The summed E-state index contributed by atoms with van der Waals surface area (Å²) in [4.78, 5) is 13.4. The molecule has 540 valence electrons. The van der Waals surface area contributed by atoms with Gasteiger partial charge < -0.3 is 89.9 Å². The van der Waals surface area contributed by atoms with E-state index in [1.54, 1.807) is 0 Å². The summed E-state index contributed by atoms with van der Waals surface area (Å²) in [5, 5.41) is 121. The van der Waals surface area contributed by atoms with Crippen molar-refractivity contribution in [1.82, 2.24) is 5.32 Å². The zero-order valence-electron chi connectivity index (χ0n) is 57.2. The Morgan fingerprint density at radius 2 is 0.742 bits per heavy atom. The molecule has 12 N–H and O–H groups in total. The standard InChI is InChI=1S/C74H131NO18/c1-3-5-7-9-11-13-15-17-18-19-20-21-22-23-24-25-26-27-28-29-30-31-32-33-34-35-36-37-38-40-42-44-46-48-50-52-62(80)75-57(58(79)51-49-47-45-43-41-39-16-14-12-10-8-6-4-2)56-88-72-68(86)65(83)70(60(54-77)90-72)93-74-69(87)66(84)71(61(55-78)91-74)92-73-67(85)64(82)63(81)59(53-76)89-73/h5,7,11,13,17-18,20-21,23-24,26-27,57-61,63-74,76-79,81-87H,3-4,6,8-10,12,14-16,19,22,25,28-56H2,1-2H3,(H,75,80)/b7-5-,13-11-,18-17-,21-20-,24-23-,27-26-. The number of hydrogen-bond acceptors (Lipinski definition) is 18. The third-order valence-electron chi connectivity index (χ3n) is 18.0. The molecule has 19 nitrogen and oxygen atoms in total. The number of carbonyl (C=O) groups is 1. The molecule has 3 aliphatic heterocycles. The summed E-state index contributed by atoms with van der Waals surface area (Å²) in [6, 6.07) is -0.889. The average Bonchev–Trinajstić information content (AvgIpc) is 0.842. The van der Waals surface area contributed by atoms with Crippen LogP contribution in [0.1, 0.15) is 258 Å². The van der Waals surface area contributed by atoms with Crippen molar-refractivity contribution < 1.29 is 89.4 Å². The van der Waals surface area contributed by atoms with Crippen LogP contribution in [-0.2, 0) is 33.2 Å². The average molecular weight is 1320 g/mol. The van der Waals surface area contributed by atoms with E-state index in [2.05, 4.69) is 92.1 Å². The number of aliphatic hydroxyl groups excluding tert-OH is 11. The highest BCUT2D eigenvalue weighted by molar-refractivity contribution is 5.76. The van der Waals surface area contributed by atoms with Crippen LogP contribution in [-0.4, -0.2) is 193 Å². The van der Waals surface area contributed by atoms with Crippen LogP contribution >= 0.6 is 0 Å². The van der Waals surface area contributed by atoms with E-state index in [-0.39, 0.29) is 18.9 Å². The molecular weight excluding hydrogens is 1190 g/mol. The van der Waals surface area contributed by atoms with Gasteiger partial charge in [-0.1, -0.05) is 260 Å². The zero-order valence-corrected chi connectivity index (χ0v) is 57.2. The minimum Gasteiger partial charge on any atom is -0.394 e. The van der Waals surface area contributed by atoms with E-state index in [1.165, 1.54) is 141 Å². The number of aliphatic hydroxyl groups is 11. The summed E-state index contributed by atoms with van der Waals surface area (Å²) in [7, 11) is 0. The maximum absolute atomic E-state index is 13.4. The van der Waals surface area contributed by atoms with Gasteiger partial charge in [0.1, 0.15) is 73.2 Å². The Bertz CT molecular complexity index is 1970. The minimum atomic E-state index is -1.97. The van der Waals surface area contributed by atoms with Crippen LogP contribution in [0.2, 0.25) is 0 Å². The van der Waals surface area contributed by atoms with Crippen LogP contribution in [0.3, 0.4) is 0 Å². The number of ether oxygens (including phenoxy) is 6. The van der Waals surface area contributed by atoms with E-state index in [1.807, 2.05) is 0 Å². The molecule has 0 aromatic carbocycles. The molecule has 0 bridgehead atoms. The van der Waals surface area contributed by atoms with Crippen LogP contribution in [0.4, 0.5) is 0 Å². The summed E-state index contributed by atoms with van der Waals surface area (Å²) in [5.74, 6) is -0.244. The highest BCUT2D eigenvalue weighted by atomic mass is 16.8. The van der Waals surface area contributed by atoms with Gasteiger partial charge in [-0.25, -0.2) is 0 Å². The van der Waals surface area contributed by atoms with Gasteiger partial charge in [-0.3, -0.25) is 4.79 Å². The van der Waals surface area contributed by atoms with Crippen molar-refractivity contribution in [2.45, 2.75) is 362 Å². The molecule has 19 heteroatoms. The van der Waals surface area contributed by atoms with E-state index in [9.17, 15) is 61.0 Å². The van der Waals surface area contributed by atoms with Gasteiger partial charge in [0.25, 0.3) is 0 Å². The number of carbonyl (C=O) groups excluding carboxylic acids is 1. The normalized spacial score (nSPS) is 27.9. The molecule has 3 heterocycles. The molecule has 3 rings (SSSR count). The topological polar surface area (TPSA) is 307 Å². The number of amides is 1. The smallest absolute Gasteiger partial charge is 0.220 e. The maximum Gasteiger partial charge on any atom is 0.220 e. The summed E-state index contributed by atoms with van der Waals surface area (Å²) in [5.41, 5.74) is 0. The Morgan fingerprint density at radius 3 is 1.16 bits per heavy atom. The fraction of sp³-hybridized carbons (Fsp3) is 0.824. The maximum atomic E-state index is 13.4. The summed E-state index contributed by atoms with van der Waals surface area (Å²) < 4.78 is 34.4. The van der Waals surface area contributed by atoms with E-state index in [4.69, 9.17) is 28.4 Å². The van der Waals surface area contributed by atoms with Crippen LogP contribution in [0.15, 0.2) is 72.9 Å². The Balaban J connectivity index is 1.33. The second-order valence-corrected chi connectivity index (χ2v) is 26.0. The largest absolute Gasteiger partial charge is 0.394 e. The van der Waals surface area contributed by atoms with Crippen molar-refractivity contribution in [3.63, 3.8) is 0 Å². The lowest BCUT2D eigenvalue weighted by molar-refractivity contribution is -0.379. The molecule has 0 radical (unpaired) electrons. The predicted molar refractivity (Wildman–Crippen MR) is 365 cm³/mol. The van der Waals surface area contributed by atoms with Gasteiger partial charge in [-0.2, -0.15) is 0 Å². The second kappa shape index (κ2) is 55.1. The molecule has 93 heavy (non-hydrogen) atoms. The molecule has 17 atom stereocenters. The zero-order chi connectivity index (χ0) is 67.5. The SMILES string of the molecule is CC/C=C\C/C=C\C/C=C\C/C=C\C/C=C\C/C=C\CCCCCCCCCCCCCCCCCCC(=O)NC(COC1OC(CO)C(OC2OC(CO)C(OC3OC(CO)C(O)C(O)C3O)C(O)C2O)C(O)C1O)C(O)CCCCCCCCCCCCCCC. The molecule has 0 aromatic heterocycles. The number of rotatable bonds is 56. The fourth-order valence-electron chi connectivity index (χ4n) is 12.1. The first-order valence-electron chi connectivity index (χ1n) is 36.7. The summed E-state index contributed by atoms with van der Waals surface area (Å²) >= 11 is 0. The predicted octanol–water partition coefficient (Wildman–Crippen LogP) is 10.5. The molecule has 0 aliphatic carbocycles. The van der Waals surface area contributed by atoms with Crippen LogP contribution in [0.25, 0.3) is 0 Å². The third kappa shape index (κ3) is 36.6. The van der Waals surface area contributed by atoms with Crippen LogP contribution in [0, 0.1) is 0 Å². The lowest BCUT2D eigenvalue weighted by atomic mass is 9.96. The van der Waals surface area contributed by atoms with Gasteiger partial charge in [0, 0.05) is 6.42 Å². The number of hydrogen-bond donors (Lipinski definition) is 12. The van der Waals surface area contributed by atoms with Crippen molar-refractivity contribution in [2.75, 3.05) is 26.4 Å². The summed E-state index contributed by atoms with van der Waals surface area (Å²) in [6.45, 7) is 1.68. The van der Waals surface area contributed by atoms with E-state index in [0.717, 1.165) is 83.5 Å². The summed E-state index contributed by atoms with van der Waals surface area (Å²) in [6.07, 6.45) is 42.8. The van der Waals surface area contributed by atoms with Gasteiger partial charge in [0.05, 0.1) is 38.6 Å². The second-order valence-electron chi connectivity index (χ2n) is 26.0. The molecule has 0 aromatic rings. The highest BCUT2D eigenvalue weighted by Crippen LogP contribution is 2.33. The molecule has 17 unspecified atom stereocenters. The number of unbranched alkanes of at least 4 members (excludes halogenated alkanes) is 28. The lowest BCUT2D eigenvalue weighted by Gasteiger charge is -2.48. The van der Waals surface area contributed by atoms with Crippen molar-refractivity contribution in [1.29, 1.82) is 0 Å². The van der Waals surface area contributed by atoms with Crippen LogP contribution in [0.5, 0.6) is 0 Å². The number of nitrogens with one attached hydrogen (secondary N) is 1. The van der Waals surface area contributed by atoms with Gasteiger partial charge in [-0.05, 0) is 64.2 Å². The van der Waals surface area contributed by atoms with Crippen molar-refractivity contribution in [3.8, 4) is 0 Å². The van der Waals surface area contributed by atoms with Crippen molar-refractivity contribution in [3.05, 3.63) is 72.9 Å². The fourth-order valence-corrected chi connectivity index (χ4v) is 12.1. The molecular formula is C74H131NO18. The van der Waals surface area contributed by atoms with Crippen molar-refractivity contribution >= 4 is 5.91 Å². The van der Waals surface area contributed by atoms with E-state index < -0.39 is 124 Å². The van der Waals surface area contributed by atoms with E-state index >= 15 is 0 Å². The first-order valence-corrected chi connectivity index (χ1v) is 36.7. The molecule has 0 spiro atoms. The Labute approximate surface area is 559 Å². The Morgan fingerprint density at radius 1 is 0.398 bits per heavy atom. The number of allylic oxidation sites excluding steroid dienone is 12. The van der Waals surface area contributed by atoms with Gasteiger partial charge in [-0.15, -0.1) is 0 Å². The van der Waals surface area contributed by atoms with Crippen molar-refractivity contribution in [2.24, 2.45) is 0 Å². The van der Waals surface area contributed by atoms with Crippen LogP contribution < -0.4 is 5.32 Å². The molecule has 0 saturated carbocycles. The Kier molecular flexibility index (Phi) is 50.1. The molecule has 3 saturated heterocycles.